The SMILES string of the molecule is Cc1ccc(CN2CC3c4cc(-c5ccoc5)ccc4S(=O)(=O)C3C2)s1. The van der Waals surface area contributed by atoms with Crippen molar-refractivity contribution in [3.05, 3.63) is 64.2 Å². The highest BCUT2D eigenvalue weighted by Gasteiger charge is 2.50. The van der Waals surface area contributed by atoms with Crippen LogP contribution in [0.4, 0.5) is 0 Å². The van der Waals surface area contributed by atoms with Gasteiger partial charge in [0.2, 0.25) is 0 Å². The van der Waals surface area contributed by atoms with Crippen molar-refractivity contribution in [2.45, 2.75) is 29.5 Å². The van der Waals surface area contributed by atoms with E-state index in [-0.39, 0.29) is 11.2 Å². The van der Waals surface area contributed by atoms with Gasteiger partial charge >= 0.3 is 0 Å². The quantitative estimate of drug-likeness (QED) is 0.682. The fraction of sp³-hybridized carbons (Fsp3) is 0.300. The summed E-state index contributed by atoms with van der Waals surface area (Å²) in [6, 6.07) is 11.9. The largest absolute Gasteiger partial charge is 0.472 e. The molecule has 0 saturated carbocycles. The molecule has 2 unspecified atom stereocenters. The van der Waals surface area contributed by atoms with Crippen LogP contribution in [0.25, 0.3) is 11.1 Å². The Morgan fingerprint density at radius 3 is 2.77 bits per heavy atom. The van der Waals surface area contributed by atoms with Gasteiger partial charge in [-0.15, -0.1) is 11.3 Å². The Morgan fingerprint density at radius 1 is 1.15 bits per heavy atom. The average molecular weight is 386 g/mol. The molecule has 3 aromatic rings. The zero-order chi connectivity index (χ0) is 17.9. The van der Waals surface area contributed by atoms with E-state index in [2.05, 4.69) is 24.0 Å². The summed E-state index contributed by atoms with van der Waals surface area (Å²) in [5.74, 6) is 0.0583. The molecule has 5 rings (SSSR count). The molecule has 6 heteroatoms. The van der Waals surface area contributed by atoms with Crippen LogP contribution in [-0.2, 0) is 16.4 Å². The van der Waals surface area contributed by atoms with E-state index < -0.39 is 9.84 Å². The Kier molecular flexibility index (Phi) is 3.64. The minimum Gasteiger partial charge on any atom is -0.472 e. The Bertz CT molecular complexity index is 1070. The van der Waals surface area contributed by atoms with Gasteiger partial charge in [-0.25, -0.2) is 8.42 Å². The molecule has 2 aliphatic rings. The number of nitrogens with zero attached hydrogens (tertiary/aromatic N) is 1. The fourth-order valence-electron chi connectivity index (χ4n) is 4.25. The van der Waals surface area contributed by atoms with E-state index in [1.807, 2.05) is 18.2 Å². The van der Waals surface area contributed by atoms with Gasteiger partial charge in [-0.05, 0) is 48.4 Å². The zero-order valence-electron chi connectivity index (χ0n) is 14.4. The van der Waals surface area contributed by atoms with Crippen LogP contribution in [0, 0.1) is 6.92 Å². The lowest BCUT2D eigenvalue weighted by Crippen LogP contribution is -2.25. The molecule has 0 bridgehead atoms. The molecule has 2 atom stereocenters. The molecule has 0 amide bonds. The third kappa shape index (κ3) is 2.47. The van der Waals surface area contributed by atoms with E-state index in [1.54, 1.807) is 29.9 Å². The molecule has 1 aromatic carbocycles. The van der Waals surface area contributed by atoms with Crippen molar-refractivity contribution >= 4 is 21.2 Å². The molecule has 0 spiro atoms. The van der Waals surface area contributed by atoms with Crippen LogP contribution < -0.4 is 0 Å². The Labute approximate surface area is 157 Å². The summed E-state index contributed by atoms with van der Waals surface area (Å²) in [4.78, 5) is 5.40. The fourth-order valence-corrected chi connectivity index (χ4v) is 7.38. The summed E-state index contributed by atoms with van der Waals surface area (Å²) in [6.07, 6.45) is 3.34. The van der Waals surface area contributed by atoms with E-state index in [4.69, 9.17) is 4.42 Å². The Morgan fingerprint density at radius 2 is 2.04 bits per heavy atom. The van der Waals surface area contributed by atoms with Crippen molar-refractivity contribution in [2.24, 2.45) is 0 Å². The smallest absolute Gasteiger partial charge is 0.183 e. The third-order valence-corrected chi connectivity index (χ3v) is 8.73. The van der Waals surface area contributed by atoms with Crippen LogP contribution >= 0.6 is 11.3 Å². The van der Waals surface area contributed by atoms with E-state index in [1.165, 1.54) is 9.75 Å². The van der Waals surface area contributed by atoms with E-state index in [9.17, 15) is 8.42 Å². The van der Waals surface area contributed by atoms with Gasteiger partial charge in [-0.1, -0.05) is 6.07 Å². The summed E-state index contributed by atoms with van der Waals surface area (Å²) in [7, 11) is -3.25. The molecular weight excluding hydrogens is 366 g/mol. The van der Waals surface area contributed by atoms with E-state index in [0.717, 1.165) is 29.8 Å². The minimum atomic E-state index is -3.25. The van der Waals surface area contributed by atoms with E-state index >= 15 is 0 Å². The first-order valence-corrected chi connectivity index (χ1v) is 11.1. The molecule has 26 heavy (non-hydrogen) atoms. The Hall–Kier alpha value is -1.89. The number of furan rings is 1. The van der Waals surface area contributed by atoms with Crippen molar-refractivity contribution < 1.29 is 12.8 Å². The highest BCUT2D eigenvalue weighted by Crippen LogP contribution is 2.46. The maximum atomic E-state index is 13.0. The first-order valence-electron chi connectivity index (χ1n) is 8.70. The van der Waals surface area contributed by atoms with Gasteiger partial charge < -0.3 is 4.42 Å². The van der Waals surface area contributed by atoms with Gasteiger partial charge in [-0.3, -0.25) is 4.90 Å². The molecule has 0 aliphatic carbocycles. The second kappa shape index (κ2) is 5.81. The van der Waals surface area contributed by atoms with Gasteiger partial charge in [0.1, 0.15) is 0 Å². The second-order valence-corrected chi connectivity index (χ2v) is 10.7. The van der Waals surface area contributed by atoms with Crippen molar-refractivity contribution in [3.63, 3.8) is 0 Å². The monoisotopic (exact) mass is 385 g/mol. The summed E-state index contributed by atoms with van der Waals surface area (Å²) in [5.41, 5.74) is 2.97. The van der Waals surface area contributed by atoms with Gasteiger partial charge in [0.05, 0.1) is 22.7 Å². The van der Waals surface area contributed by atoms with E-state index in [0.29, 0.717) is 11.4 Å². The number of hydrogen-bond donors (Lipinski definition) is 0. The number of thiophene rings is 1. The molecule has 134 valence electrons. The van der Waals surface area contributed by atoms with Gasteiger partial charge in [0.25, 0.3) is 0 Å². The molecule has 1 saturated heterocycles. The molecule has 0 radical (unpaired) electrons. The average Bonchev–Trinajstić information content (AvgIpc) is 3.37. The topological polar surface area (TPSA) is 50.5 Å². The van der Waals surface area contributed by atoms with Crippen LogP contribution in [-0.4, -0.2) is 31.7 Å². The molecular formula is C20H19NO3S2. The van der Waals surface area contributed by atoms with Gasteiger partial charge in [0, 0.05) is 40.9 Å². The number of likely N-dealkylation sites (tertiary alicyclic amines) is 1. The van der Waals surface area contributed by atoms with Crippen LogP contribution in [0.3, 0.4) is 0 Å². The third-order valence-electron chi connectivity index (χ3n) is 5.49. The van der Waals surface area contributed by atoms with Crippen molar-refractivity contribution in [1.29, 1.82) is 0 Å². The maximum Gasteiger partial charge on any atom is 0.183 e. The summed E-state index contributed by atoms with van der Waals surface area (Å²) >= 11 is 1.79. The van der Waals surface area contributed by atoms with Crippen LogP contribution in [0.2, 0.25) is 0 Å². The first-order chi connectivity index (χ1) is 12.5. The molecule has 4 heterocycles. The van der Waals surface area contributed by atoms with Gasteiger partial charge in [-0.2, -0.15) is 0 Å². The number of rotatable bonds is 3. The number of sulfone groups is 1. The molecule has 0 N–H and O–H groups in total. The number of fused-ring (bicyclic) bond motifs is 3. The maximum absolute atomic E-state index is 13.0. The summed E-state index contributed by atoms with van der Waals surface area (Å²) in [6.45, 7) is 4.34. The Balaban J connectivity index is 1.48. The number of benzene rings is 1. The standard InChI is InChI=1S/C20H19NO3S2/c1-13-2-4-16(25-13)9-21-10-18-17-8-14(15-6-7-24-12-15)3-5-19(17)26(22,23)20(18)11-21/h2-8,12,18,20H,9-11H2,1H3. The summed E-state index contributed by atoms with van der Waals surface area (Å²) in [5, 5.41) is -0.321. The van der Waals surface area contributed by atoms with Crippen molar-refractivity contribution in [2.75, 3.05) is 13.1 Å². The van der Waals surface area contributed by atoms with Crippen LogP contribution in [0.5, 0.6) is 0 Å². The highest BCUT2D eigenvalue weighted by molar-refractivity contribution is 7.92. The lowest BCUT2D eigenvalue weighted by atomic mass is 9.95. The predicted molar refractivity (Wildman–Crippen MR) is 102 cm³/mol. The lowest BCUT2D eigenvalue weighted by molar-refractivity contribution is 0.328. The number of aryl methyl sites for hydroxylation is 1. The predicted octanol–water partition coefficient (Wildman–Crippen LogP) is 4.07. The lowest BCUT2D eigenvalue weighted by Gasteiger charge is -2.16. The molecule has 2 aliphatic heterocycles. The zero-order valence-corrected chi connectivity index (χ0v) is 16.0. The highest BCUT2D eigenvalue weighted by atomic mass is 32.2. The number of hydrogen-bond acceptors (Lipinski definition) is 5. The van der Waals surface area contributed by atoms with Crippen molar-refractivity contribution in [3.8, 4) is 11.1 Å². The minimum absolute atomic E-state index is 0.0583. The summed E-state index contributed by atoms with van der Waals surface area (Å²) < 4.78 is 31.2. The molecule has 4 nitrogen and oxygen atoms in total. The van der Waals surface area contributed by atoms with Crippen LogP contribution in [0.15, 0.2) is 58.2 Å². The second-order valence-electron chi connectivity index (χ2n) is 7.16. The van der Waals surface area contributed by atoms with Gasteiger partial charge in [0.15, 0.2) is 9.84 Å². The first kappa shape index (κ1) is 16.3. The molecule has 1 fully saturated rings. The van der Waals surface area contributed by atoms with Crippen LogP contribution in [0.1, 0.15) is 21.2 Å². The van der Waals surface area contributed by atoms with Crippen molar-refractivity contribution in [1.82, 2.24) is 4.90 Å². The molecule has 2 aromatic heterocycles. The normalized spacial score (nSPS) is 23.9.